The summed E-state index contributed by atoms with van der Waals surface area (Å²) in [5.74, 6) is 3.25. The molecule has 4 rings (SSSR count). The molecule has 2 aliphatic rings. The van der Waals surface area contributed by atoms with Gasteiger partial charge in [0.2, 0.25) is 0 Å². The van der Waals surface area contributed by atoms with Crippen molar-refractivity contribution in [2.24, 2.45) is 4.99 Å². The monoisotopic (exact) mass is 287 g/mol. The summed E-state index contributed by atoms with van der Waals surface area (Å²) < 4.78 is 2.42. The van der Waals surface area contributed by atoms with E-state index in [0.717, 1.165) is 23.9 Å². The Morgan fingerprint density at radius 3 is 3.11 bits per heavy atom. The average Bonchev–Trinajstić information content (AvgIpc) is 3.16. The molecule has 0 bridgehead atoms. The first-order chi connectivity index (χ1) is 9.43. The van der Waals surface area contributed by atoms with Gasteiger partial charge in [0.1, 0.15) is 0 Å². The SMILES string of the molecule is c1cncc(-c2cc(C3=NCCS3)c3n2CSC3)c1. The number of hydrogen-bond acceptors (Lipinski definition) is 4. The summed E-state index contributed by atoms with van der Waals surface area (Å²) in [7, 11) is 0. The maximum atomic E-state index is 4.63. The molecular formula is C14H13N3S2. The fraction of sp³-hybridized carbons (Fsp3) is 0.286. The van der Waals surface area contributed by atoms with E-state index >= 15 is 0 Å². The minimum Gasteiger partial charge on any atom is -0.333 e. The van der Waals surface area contributed by atoms with Crippen LogP contribution in [0.4, 0.5) is 0 Å². The maximum Gasteiger partial charge on any atom is 0.0996 e. The van der Waals surface area contributed by atoms with Crippen molar-refractivity contribution in [2.45, 2.75) is 11.6 Å². The molecule has 0 aliphatic carbocycles. The molecule has 0 spiro atoms. The highest BCUT2D eigenvalue weighted by atomic mass is 32.2. The molecule has 96 valence electrons. The molecule has 0 unspecified atom stereocenters. The summed E-state index contributed by atoms with van der Waals surface area (Å²) in [6, 6.07) is 6.42. The Kier molecular flexibility index (Phi) is 2.89. The topological polar surface area (TPSA) is 30.2 Å². The predicted octanol–water partition coefficient (Wildman–Crippen LogP) is 3.25. The summed E-state index contributed by atoms with van der Waals surface area (Å²) in [5.41, 5.74) is 5.24. The van der Waals surface area contributed by atoms with Gasteiger partial charge in [0, 0.05) is 47.3 Å². The molecule has 19 heavy (non-hydrogen) atoms. The van der Waals surface area contributed by atoms with Crippen molar-refractivity contribution < 1.29 is 0 Å². The van der Waals surface area contributed by atoms with Crippen LogP contribution >= 0.6 is 23.5 Å². The molecule has 0 atom stereocenters. The Labute approximate surface area is 120 Å². The molecule has 0 fully saturated rings. The first-order valence-corrected chi connectivity index (χ1v) is 8.46. The van der Waals surface area contributed by atoms with Crippen LogP contribution in [0.1, 0.15) is 11.3 Å². The van der Waals surface area contributed by atoms with Gasteiger partial charge >= 0.3 is 0 Å². The highest BCUT2D eigenvalue weighted by molar-refractivity contribution is 8.14. The van der Waals surface area contributed by atoms with Gasteiger partial charge in [-0.3, -0.25) is 9.98 Å². The van der Waals surface area contributed by atoms with E-state index in [4.69, 9.17) is 0 Å². The van der Waals surface area contributed by atoms with E-state index in [1.165, 1.54) is 27.6 Å². The molecule has 0 aromatic carbocycles. The van der Waals surface area contributed by atoms with Crippen molar-refractivity contribution in [1.29, 1.82) is 0 Å². The number of pyridine rings is 1. The largest absolute Gasteiger partial charge is 0.333 e. The van der Waals surface area contributed by atoms with E-state index in [1.807, 2.05) is 42.0 Å². The standard InChI is InChI=1S/C14H13N3S2/c1-2-10(7-15-3-1)12-6-11(14-16-4-5-19-14)13-8-18-9-17(12)13/h1-3,6-7H,4-5,8-9H2. The van der Waals surface area contributed by atoms with E-state index in [0.29, 0.717) is 0 Å². The van der Waals surface area contributed by atoms with Crippen molar-refractivity contribution >= 4 is 28.6 Å². The zero-order valence-electron chi connectivity index (χ0n) is 10.4. The van der Waals surface area contributed by atoms with Crippen molar-refractivity contribution in [1.82, 2.24) is 9.55 Å². The molecule has 0 radical (unpaired) electrons. The van der Waals surface area contributed by atoms with Gasteiger partial charge < -0.3 is 4.57 Å². The fourth-order valence-corrected chi connectivity index (χ4v) is 4.53. The number of rotatable bonds is 2. The highest BCUT2D eigenvalue weighted by Gasteiger charge is 2.24. The number of aliphatic imine (C=N–C) groups is 1. The molecule has 2 aromatic heterocycles. The first kappa shape index (κ1) is 11.6. The third kappa shape index (κ3) is 1.92. The third-order valence-corrected chi connectivity index (χ3v) is 5.37. The van der Waals surface area contributed by atoms with Gasteiger partial charge in [0.05, 0.1) is 16.6 Å². The van der Waals surface area contributed by atoms with Crippen LogP contribution in [0, 0.1) is 0 Å². The predicted molar refractivity (Wildman–Crippen MR) is 82.8 cm³/mol. The van der Waals surface area contributed by atoms with E-state index in [1.54, 1.807) is 0 Å². The van der Waals surface area contributed by atoms with Crippen LogP contribution in [0.2, 0.25) is 0 Å². The quantitative estimate of drug-likeness (QED) is 0.849. The summed E-state index contributed by atoms with van der Waals surface area (Å²) in [4.78, 5) is 8.87. The van der Waals surface area contributed by atoms with Crippen LogP contribution in [-0.4, -0.2) is 26.9 Å². The van der Waals surface area contributed by atoms with E-state index in [9.17, 15) is 0 Å². The number of aromatic nitrogens is 2. The van der Waals surface area contributed by atoms with Gasteiger partial charge in [-0.2, -0.15) is 0 Å². The number of thioether (sulfide) groups is 2. The minimum absolute atomic E-state index is 0.958. The second kappa shape index (κ2) is 4.72. The second-order valence-electron chi connectivity index (χ2n) is 4.57. The smallest absolute Gasteiger partial charge is 0.0996 e. The van der Waals surface area contributed by atoms with Crippen molar-refractivity contribution in [2.75, 3.05) is 12.3 Å². The third-order valence-electron chi connectivity index (χ3n) is 3.44. The molecule has 4 heterocycles. The van der Waals surface area contributed by atoms with Crippen LogP contribution in [0.3, 0.4) is 0 Å². The van der Waals surface area contributed by atoms with E-state index in [2.05, 4.69) is 26.7 Å². The lowest BCUT2D eigenvalue weighted by Gasteiger charge is -2.04. The molecule has 0 amide bonds. The molecular weight excluding hydrogens is 274 g/mol. The zero-order chi connectivity index (χ0) is 12.7. The van der Waals surface area contributed by atoms with Crippen LogP contribution < -0.4 is 0 Å². The number of nitrogens with zero attached hydrogens (tertiary/aromatic N) is 3. The molecule has 5 heteroatoms. The number of hydrogen-bond donors (Lipinski definition) is 0. The Morgan fingerprint density at radius 2 is 2.32 bits per heavy atom. The van der Waals surface area contributed by atoms with Gasteiger partial charge in [-0.15, -0.1) is 23.5 Å². The Morgan fingerprint density at radius 1 is 1.32 bits per heavy atom. The molecule has 0 N–H and O–H groups in total. The Balaban J connectivity index is 1.87. The molecule has 3 nitrogen and oxygen atoms in total. The lowest BCUT2D eigenvalue weighted by atomic mass is 10.2. The molecule has 2 aromatic rings. The minimum atomic E-state index is 0.958. The van der Waals surface area contributed by atoms with E-state index < -0.39 is 0 Å². The zero-order valence-corrected chi connectivity index (χ0v) is 12.0. The Hall–Kier alpha value is -1.20. The lowest BCUT2D eigenvalue weighted by molar-refractivity contribution is 0.895. The van der Waals surface area contributed by atoms with Crippen LogP contribution in [-0.2, 0) is 11.6 Å². The van der Waals surface area contributed by atoms with Gasteiger partial charge in [-0.05, 0) is 18.2 Å². The van der Waals surface area contributed by atoms with Crippen molar-refractivity contribution in [3.8, 4) is 11.3 Å². The summed E-state index contributed by atoms with van der Waals surface area (Å²) >= 11 is 3.85. The van der Waals surface area contributed by atoms with Gasteiger partial charge in [-0.1, -0.05) is 0 Å². The summed E-state index contributed by atoms with van der Waals surface area (Å²) in [5, 5.41) is 1.22. The van der Waals surface area contributed by atoms with Crippen molar-refractivity contribution in [3.63, 3.8) is 0 Å². The molecule has 0 saturated heterocycles. The maximum absolute atomic E-state index is 4.63. The van der Waals surface area contributed by atoms with Crippen LogP contribution in [0.25, 0.3) is 11.3 Å². The summed E-state index contributed by atoms with van der Waals surface area (Å²) in [6.07, 6.45) is 3.77. The van der Waals surface area contributed by atoms with Crippen LogP contribution in [0.5, 0.6) is 0 Å². The highest BCUT2D eigenvalue weighted by Crippen LogP contribution is 2.37. The van der Waals surface area contributed by atoms with E-state index in [-0.39, 0.29) is 0 Å². The lowest BCUT2D eigenvalue weighted by Crippen LogP contribution is -1.97. The van der Waals surface area contributed by atoms with Gasteiger partial charge in [0.15, 0.2) is 0 Å². The first-order valence-electron chi connectivity index (χ1n) is 6.31. The molecule has 0 saturated carbocycles. The molecule has 2 aliphatic heterocycles. The van der Waals surface area contributed by atoms with Gasteiger partial charge in [-0.25, -0.2) is 0 Å². The summed E-state index contributed by atoms with van der Waals surface area (Å²) in [6.45, 7) is 0.958. The van der Waals surface area contributed by atoms with Crippen LogP contribution in [0.15, 0.2) is 35.6 Å². The number of fused-ring (bicyclic) bond motifs is 1. The van der Waals surface area contributed by atoms with Gasteiger partial charge in [0.25, 0.3) is 0 Å². The fourth-order valence-electron chi connectivity index (χ4n) is 2.56. The average molecular weight is 287 g/mol. The normalized spacial score (nSPS) is 17.6. The second-order valence-corrected chi connectivity index (χ2v) is 6.61. The van der Waals surface area contributed by atoms with Crippen molar-refractivity contribution in [3.05, 3.63) is 41.9 Å². The Bertz CT molecular complexity index is 646.